The summed E-state index contributed by atoms with van der Waals surface area (Å²) in [4.78, 5) is 0. The maximum absolute atomic E-state index is 12.1. The lowest BCUT2D eigenvalue weighted by molar-refractivity contribution is 0.414. The van der Waals surface area contributed by atoms with E-state index in [2.05, 4.69) is 4.72 Å². The predicted octanol–water partition coefficient (Wildman–Crippen LogP) is 2.80. The molecule has 6 heteroatoms. The number of methoxy groups -OCH3 is 1. The van der Waals surface area contributed by atoms with Crippen molar-refractivity contribution >= 4 is 21.4 Å². The Hall–Kier alpha value is -1.37. The maximum atomic E-state index is 12.1. The normalized spacial score (nSPS) is 13.2. The van der Waals surface area contributed by atoms with Gasteiger partial charge in [-0.15, -0.1) is 11.3 Å². The van der Waals surface area contributed by atoms with Crippen molar-refractivity contribution in [2.24, 2.45) is 0 Å². The molecule has 2 aromatic rings. The Morgan fingerprint density at radius 3 is 2.42 bits per heavy atom. The van der Waals surface area contributed by atoms with Gasteiger partial charge in [0.15, 0.2) is 0 Å². The monoisotopic (exact) mass is 297 g/mol. The number of benzene rings is 1. The average Bonchev–Trinajstić information content (AvgIpc) is 2.93. The highest BCUT2D eigenvalue weighted by Crippen LogP contribution is 2.21. The lowest BCUT2D eigenvalue weighted by atomic mass is 10.1. The van der Waals surface area contributed by atoms with Crippen LogP contribution in [0.15, 0.2) is 46.0 Å². The van der Waals surface area contributed by atoms with Crippen molar-refractivity contribution in [3.63, 3.8) is 0 Å². The van der Waals surface area contributed by atoms with E-state index < -0.39 is 10.0 Å². The van der Waals surface area contributed by atoms with Crippen molar-refractivity contribution in [2.45, 2.75) is 17.2 Å². The average molecular weight is 297 g/mol. The van der Waals surface area contributed by atoms with Gasteiger partial charge in [0, 0.05) is 6.04 Å². The molecular formula is C13H15NO3S2. The molecule has 1 aromatic heterocycles. The van der Waals surface area contributed by atoms with Crippen LogP contribution in [-0.2, 0) is 10.0 Å². The first-order valence-electron chi connectivity index (χ1n) is 5.73. The van der Waals surface area contributed by atoms with Gasteiger partial charge in [0.2, 0.25) is 0 Å². The van der Waals surface area contributed by atoms with Crippen LogP contribution in [0.2, 0.25) is 0 Å². The number of nitrogens with one attached hydrogen (secondary N) is 1. The fourth-order valence-corrected chi connectivity index (χ4v) is 3.91. The molecule has 2 rings (SSSR count). The number of ether oxygens (including phenoxy) is 1. The predicted molar refractivity (Wildman–Crippen MR) is 76.0 cm³/mol. The Morgan fingerprint density at radius 2 is 1.89 bits per heavy atom. The summed E-state index contributed by atoms with van der Waals surface area (Å²) in [5, 5.41) is 1.74. The Balaban J connectivity index is 2.14. The van der Waals surface area contributed by atoms with Gasteiger partial charge < -0.3 is 4.74 Å². The molecule has 1 heterocycles. The molecule has 1 atom stereocenters. The summed E-state index contributed by atoms with van der Waals surface area (Å²) in [5.74, 6) is 0.747. The van der Waals surface area contributed by atoms with Crippen molar-refractivity contribution in [2.75, 3.05) is 7.11 Å². The summed E-state index contributed by atoms with van der Waals surface area (Å²) in [6.07, 6.45) is 0. The highest BCUT2D eigenvalue weighted by molar-refractivity contribution is 7.91. The lowest BCUT2D eigenvalue weighted by Gasteiger charge is -2.14. The molecular weight excluding hydrogens is 282 g/mol. The summed E-state index contributed by atoms with van der Waals surface area (Å²) in [7, 11) is -1.85. The summed E-state index contributed by atoms with van der Waals surface area (Å²) >= 11 is 1.20. The Bertz CT molecular complexity index is 618. The Labute approximate surface area is 117 Å². The highest BCUT2D eigenvalue weighted by atomic mass is 32.2. The summed E-state index contributed by atoms with van der Waals surface area (Å²) in [6, 6.07) is 10.3. The minimum Gasteiger partial charge on any atom is -0.497 e. The molecule has 0 saturated heterocycles. The van der Waals surface area contributed by atoms with Crippen LogP contribution in [0.25, 0.3) is 0 Å². The minimum atomic E-state index is -3.44. The molecule has 0 saturated carbocycles. The van der Waals surface area contributed by atoms with Gasteiger partial charge in [0.05, 0.1) is 7.11 Å². The molecule has 1 unspecified atom stereocenters. The molecule has 0 aliphatic rings. The van der Waals surface area contributed by atoms with E-state index in [0.717, 1.165) is 11.3 Å². The molecule has 19 heavy (non-hydrogen) atoms. The van der Waals surface area contributed by atoms with E-state index in [9.17, 15) is 8.42 Å². The molecule has 0 aliphatic heterocycles. The van der Waals surface area contributed by atoms with E-state index in [1.165, 1.54) is 11.3 Å². The van der Waals surface area contributed by atoms with Gasteiger partial charge >= 0.3 is 0 Å². The second-order valence-electron chi connectivity index (χ2n) is 4.05. The molecule has 102 valence electrons. The number of thiophene rings is 1. The summed E-state index contributed by atoms with van der Waals surface area (Å²) in [5.41, 5.74) is 0.890. The molecule has 1 aromatic carbocycles. The van der Waals surface area contributed by atoms with E-state index in [1.807, 2.05) is 31.2 Å². The van der Waals surface area contributed by atoms with E-state index in [0.29, 0.717) is 4.21 Å². The molecule has 0 amide bonds. The zero-order valence-electron chi connectivity index (χ0n) is 10.7. The van der Waals surface area contributed by atoms with Crippen molar-refractivity contribution in [1.82, 2.24) is 4.72 Å². The first-order chi connectivity index (χ1) is 9.03. The van der Waals surface area contributed by atoms with Gasteiger partial charge in [0.25, 0.3) is 10.0 Å². The van der Waals surface area contributed by atoms with Crippen LogP contribution < -0.4 is 9.46 Å². The Kier molecular flexibility index (Phi) is 4.24. The third-order valence-corrected chi connectivity index (χ3v) is 5.65. The number of hydrogen-bond acceptors (Lipinski definition) is 4. The van der Waals surface area contributed by atoms with Crippen LogP contribution in [0.3, 0.4) is 0 Å². The number of rotatable bonds is 5. The van der Waals surface area contributed by atoms with Gasteiger partial charge in [-0.1, -0.05) is 18.2 Å². The first-order valence-corrected chi connectivity index (χ1v) is 8.09. The quantitative estimate of drug-likeness (QED) is 0.923. The van der Waals surface area contributed by atoms with Gasteiger partial charge in [-0.05, 0) is 36.1 Å². The molecule has 1 N–H and O–H groups in total. The van der Waals surface area contributed by atoms with Crippen LogP contribution >= 0.6 is 11.3 Å². The van der Waals surface area contributed by atoms with Crippen molar-refractivity contribution < 1.29 is 13.2 Å². The Morgan fingerprint density at radius 1 is 1.21 bits per heavy atom. The highest BCUT2D eigenvalue weighted by Gasteiger charge is 2.19. The van der Waals surface area contributed by atoms with Crippen LogP contribution in [0.5, 0.6) is 5.75 Å². The molecule has 0 spiro atoms. The molecule has 4 nitrogen and oxygen atoms in total. The number of sulfonamides is 1. The van der Waals surface area contributed by atoms with Gasteiger partial charge in [0.1, 0.15) is 9.96 Å². The molecule has 0 fully saturated rings. The zero-order valence-corrected chi connectivity index (χ0v) is 12.3. The van der Waals surface area contributed by atoms with Gasteiger partial charge in [-0.3, -0.25) is 0 Å². The fourth-order valence-electron chi connectivity index (χ4n) is 1.67. The third-order valence-electron chi connectivity index (χ3n) is 2.71. The summed E-state index contributed by atoms with van der Waals surface area (Å²) < 4.78 is 32.2. The second kappa shape index (κ2) is 5.73. The molecule has 0 radical (unpaired) electrons. The van der Waals surface area contributed by atoms with Crippen molar-refractivity contribution in [1.29, 1.82) is 0 Å². The van der Waals surface area contributed by atoms with Crippen LogP contribution in [-0.4, -0.2) is 15.5 Å². The maximum Gasteiger partial charge on any atom is 0.250 e. The zero-order chi connectivity index (χ0) is 13.9. The largest absolute Gasteiger partial charge is 0.497 e. The topological polar surface area (TPSA) is 55.4 Å². The van der Waals surface area contributed by atoms with E-state index in [4.69, 9.17) is 4.74 Å². The van der Waals surface area contributed by atoms with E-state index >= 15 is 0 Å². The van der Waals surface area contributed by atoms with Crippen molar-refractivity contribution in [3.8, 4) is 5.75 Å². The number of hydrogen-bond donors (Lipinski definition) is 1. The van der Waals surface area contributed by atoms with E-state index in [1.54, 1.807) is 24.6 Å². The van der Waals surface area contributed by atoms with Crippen LogP contribution in [0, 0.1) is 0 Å². The van der Waals surface area contributed by atoms with Crippen LogP contribution in [0.4, 0.5) is 0 Å². The van der Waals surface area contributed by atoms with Crippen LogP contribution in [0.1, 0.15) is 18.5 Å². The van der Waals surface area contributed by atoms with Gasteiger partial charge in [-0.2, -0.15) is 0 Å². The lowest BCUT2D eigenvalue weighted by Crippen LogP contribution is -2.26. The first kappa shape index (κ1) is 14.0. The molecule has 0 aliphatic carbocycles. The second-order valence-corrected chi connectivity index (χ2v) is 6.94. The SMILES string of the molecule is COc1ccc(C(C)NS(=O)(=O)c2cccs2)cc1. The third kappa shape index (κ3) is 3.34. The fraction of sp³-hybridized carbons (Fsp3) is 0.231. The molecule has 0 bridgehead atoms. The smallest absolute Gasteiger partial charge is 0.250 e. The summed E-state index contributed by atoms with van der Waals surface area (Å²) in [6.45, 7) is 1.81. The standard InChI is InChI=1S/C13H15NO3S2/c1-10(11-5-7-12(17-2)8-6-11)14-19(15,16)13-4-3-9-18-13/h3-10,14H,1-2H3. The van der Waals surface area contributed by atoms with Gasteiger partial charge in [-0.25, -0.2) is 13.1 Å². The van der Waals surface area contributed by atoms with E-state index in [-0.39, 0.29) is 6.04 Å². The van der Waals surface area contributed by atoms with Crippen molar-refractivity contribution in [3.05, 3.63) is 47.3 Å². The minimum absolute atomic E-state index is 0.294.